The van der Waals surface area contributed by atoms with E-state index in [0.717, 1.165) is 22.0 Å². The average molecular weight is 597 g/mol. The van der Waals surface area contributed by atoms with Gasteiger partial charge in [0.1, 0.15) is 18.0 Å². The highest BCUT2D eigenvalue weighted by atomic mass is 35.5. The normalized spacial score (nSPS) is 11.1. The Kier molecular flexibility index (Phi) is 10.2. The van der Waals surface area contributed by atoms with Crippen molar-refractivity contribution in [3.63, 3.8) is 0 Å². The highest BCUT2D eigenvalue weighted by Crippen LogP contribution is 2.27. The molecule has 0 spiro atoms. The van der Waals surface area contributed by atoms with E-state index in [4.69, 9.17) is 32.7 Å². The lowest BCUT2D eigenvalue weighted by Crippen LogP contribution is -2.44. The van der Waals surface area contributed by atoms with Gasteiger partial charge in [-0.05, 0) is 53.8 Å². The van der Waals surface area contributed by atoms with Crippen molar-refractivity contribution < 1.29 is 19.1 Å². The summed E-state index contributed by atoms with van der Waals surface area (Å²) >= 11 is 12.4. The molecule has 0 aliphatic carbocycles. The summed E-state index contributed by atoms with van der Waals surface area (Å²) in [5.41, 5.74) is 3.39. The average Bonchev–Trinajstić information content (AvgIpc) is 3.38. The summed E-state index contributed by atoms with van der Waals surface area (Å²) in [6.45, 7) is 5.13. The van der Waals surface area contributed by atoms with Crippen LogP contribution in [0, 0.1) is 5.92 Å². The third kappa shape index (κ3) is 7.54. The number of halogens is 2. The van der Waals surface area contributed by atoms with Crippen LogP contribution in [-0.2, 0) is 17.8 Å². The van der Waals surface area contributed by atoms with Crippen molar-refractivity contribution in [3.8, 4) is 11.5 Å². The molecule has 0 aliphatic rings. The number of methoxy groups -OCH3 is 2. The SMILES string of the molecule is COc1ccc(C(=O)N(CC(=O)N(CCc2c[nH]c3ccccc23)Cc2ccc(Cl)c(Cl)c2)CC(C)C)c(OC)c1. The number of amides is 2. The van der Waals surface area contributed by atoms with Gasteiger partial charge < -0.3 is 24.3 Å². The van der Waals surface area contributed by atoms with Crippen LogP contribution < -0.4 is 9.47 Å². The van der Waals surface area contributed by atoms with E-state index >= 15 is 0 Å². The summed E-state index contributed by atoms with van der Waals surface area (Å²) in [5.74, 6) is 0.665. The largest absolute Gasteiger partial charge is 0.497 e. The zero-order valence-electron chi connectivity index (χ0n) is 23.7. The molecule has 1 heterocycles. The van der Waals surface area contributed by atoms with Crippen LogP contribution in [-0.4, -0.2) is 60.5 Å². The molecule has 0 radical (unpaired) electrons. The van der Waals surface area contributed by atoms with Gasteiger partial charge in [-0.15, -0.1) is 0 Å². The van der Waals surface area contributed by atoms with Crippen LogP contribution in [0.15, 0.2) is 66.9 Å². The summed E-state index contributed by atoms with van der Waals surface area (Å²) in [6, 6.07) is 18.5. The van der Waals surface area contributed by atoms with Crippen molar-refractivity contribution in [2.75, 3.05) is 33.9 Å². The summed E-state index contributed by atoms with van der Waals surface area (Å²) in [5, 5.41) is 2.00. The van der Waals surface area contributed by atoms with Gasteiger partial charge in [0, 0.05) is 42.8 Å². The molecule has 0 unspecified atom stereocenters. The van der Waals surface area contributed by atoms with Gasteiger partial charge in [0.05, 0.1) is 29.8 Å². The van der Waals surface area contributed by atoms with Crippen LogP contribution in [0.5, 0.6) is 11.5 Å². The Bertz CT molecular complexity index is 1520. The molecule has 9 heteroatoms. The van der Waals surface area contributed by atoms with Gasteiger partial charge in [-0.1, -0.05) is 61.3 Å². The number of para-hydroxylation sites is 1. The monoisotopic (exact) mass is 595 g/mol. The number of benzene rings is 3. The molecular weight excluding hydrogens is 561 g/mol. The van der Waals surface area contributed by atoms with Gasteiger partial charge >= 0.3 is 0 Å². The number of hydrogen-bond donors (Lipinski definition) is 1. The molecule has 0 saturated carbocycles. The minimum Gasteiger partial charge on any atom is -0.497 e. The first kappa shape index (κ1) is 30.3. The van der Waals surface area contributed by atoms with Crippen molar-refractivity contribution in [3.05, 3.63) is 93.6 Å². The number of aromatic amines is 1. The van der Waals surface area contributed by atoms with Gasteiger partial charge in [-0.25, -0.2) is 0 Å². The standard InChI is InChI=1S/C32H35Cl2N3O4/c1-21(2)18-37(32(39)26-11-10-24(40-3)16-30(26)41-4)20-31(38)36(19-22-9-12-27(33)28(34)15-22)14-13-23-17-35-29-8-6-5-7-25(23)29/h5-12,15-17,21,35H,13-14,18-20H2,1-4H3. The van der Waals surface area contributed by atoms with E-state index in [2.05, 4.69) is 11.1 Å². The fourth-order valence-corrected chi connectivity index (χ4v) is 5.13. The number of ether oxygens (including phenoxy) is 2. The second-order valence-electron chi connectivity index (χ2n) is 10.3. The molecule has 7 nitrogen and oxygen atoms in total. The summed E-state index contributed by atoms with van der Waals surface area (Å²) in [4.78, 5) is 34.3. The molecular formula is C32H35Cl2N3O4. The maximum atomic E-state index is 13.9. The van der Waals surface area contributed by atoms with Gasteiger partial charge in [0.25, 0.3) is 5.91 Å². The fourth-order valence-electron chi connectivity index (χ4n) is 4.81. The Morgan fingerprint density at radius 2 is 1.71 bits per heavy atom. The molecule has 216 valence electrons. The maximum Gasteiger partial charge on any atom is 0.258 e. The Morgan fingerprint density at radius 3 is 2.41 bits per heavy atom. The predicted molar refractivity (Wildman–Crippen MR) is 164 cm³/mol. The Morgan fingerprint density at radius 1 is 0.927 bits per heavy atom. The van der Waals surface area contributed by atoms with Gasteiger partial charge in [-0.3, -0.25) is 9.59 Å². The van der Waals surface area contributed by atoms with Crippen molar-refractivity contribution >= 4 is 45.9 Å². The molecule has 0 bridgehead atoms. The van der Waals surface area contributed by atoms with Crippen LogP contribution in [0.4, 0.5) is 0 Å². The van der Waals surface area contributed by atoms with Gasteiger partial charge in [0.2, 0.25) is 5.91 Å². The Labute approximate surface area is 250 Å². The third-order valence-corrected chi connectivity index (χ3v) is 7.61. The quantitative estimate of drug-likeness (QED) is 0.194. The van der Waals surface area contributed by atoms with Gasteiger partial charge in [0.15, 0.2) is 0 Å². The number of rotatable bonds is 12. The maximum absolute atomic E-state index is 13.9. The van der Waals surface area contributed by atoms with E-state index in [0.29, 0.717) is 53.2 Å². The number of fused-ring (bicyclic) bond motifs is 1. The van der Waals surface area contributed by atoms with Crippen LogP contribution in [0.25, 0.3) is 10.9 Å². The molecule has 41 heavy (non-hydrogen) atoms. The third-order valence-electron chi connectivity index (χ3n) is 6.87. The number of hydrogen-bond acceptors (Lipinski definition) is 4. The molecule has 4 rings (SSSR count). The topological polar surface area (TPSA) is 74.9 Å². The Hall–Kier alpha value is -3.68. The second kappa shape index (κ2) is 13.8. The number of aromatic nitrogens is 1. The molecule has 0 atom stereocenters. The molecule has 1 N–H and O–H groups in total. The van der Waals surface area contributed by atoms with Crippen molar-refractivity contribution in [1.82, 2.24) is 14.8 Å². The number of nitrogens with zero attached hydrogens (tertiary/aromatic N) is 2. The zero-order valence-corrected chi connectivity index (χ0v) is 25.3. The lowest BCUT2D eigenvalue weighted by molar-refractivity contribution is -0.132. The van der Waals surface area contributed by atoms with E-state index in [-0.39, 0.29) is 24.3 Å². The lowest BCUT2D eigenvalue weighted by Gasteiger charge is -2.29. The highest BCUT2D eigenvalue weighted by Gasteiger charge is 2.26. The predicted octanol–water partition coefficient (Wildman–Crippen LogP) is 6.86. The fraction of sp³-hybridized carbons (Fsp3) is 0.312. The molecule has 0 aliphatic heterocycles. The smallest absolute Gasteiger partial charge is 0.258 e. The van der Waals surface area contributed by atoms with E-state index in [9.17, 15) is 9.59 Å². The lowest BCUT2D eigenvalue weighted by atomic mass is 10.1. The minimum absolute atomic E-state index is 0.0819. The van der Waals surface area contributed by atoms with E-state index in [1.54, 1.807) is 47.2 Å². The summed E-state index contributed by atoms with van der Waals surface area (Å²) < 4.78 is 10.8. The van der Waals surface area contributed by atoms with E-state index in [1.807, 2.05) is 44.3 Å². The minimum atomic E-state index is -0.280. The molecule has 0 fully saturated rings. The molecule has 2 amide bonds. The first-order valence-electron chi connectivity index (χ1n) is 13.5. The van der Waals surface area contributed by atoms with Crippen molar-refractivity contribution in [2.45, 2.75) is 26.8 Å². The van der Waals surface area contributed by atoms with Gasteiger partial charge in [-0.2, -0.15) is 0 Å². The first-order valence-corrected chi connectivity index (χ1v) is 14.2. The molecule has 1 aromatic heterocycles. The summed E-state index contributed by atoms with van der Waals surface area (Å²) in [7, 11) is 3.06. The number of H-pyrrole nitrogens is 1. The number of carbonyl (C=O) groups excluding carboxylic acids is 2. The van der Waals surface area contributed by atoms with Crippen molar-refractivity contribution in [1.29, 1.82) is 0 Å². The van der Waals surface area contributed by atoms with Crippen LogP contribution in [0.1, 0.15) is 35.3 Å². The Balaban J connectivity index is 1.60. The van der Waals surface area contributed by atoms with Crippen LogP contribution >= 0.6 is 23.2 Å². The first-order chi connectivity index (χ1) is 19.7. The number of carbonyl (C=O) groups is 2. The van der Waals surface area contributed by atoms with Crippen molar-refractivity contribution in [2.24, 2.45) is 5.92 Å². The highest BCUT2D eigenvalue weighted by molar-refractivity contribution is 6.42. The van der Waals surface area contributed by atoms with Crippen LogP contribution in [0.3, 0.4) is 0 Å². The van der Waals surface area contributed by atoms with E-state index in [1.165, 1.54) is 7.11 Å². The van der Waals surface area contributed by atoms with E-state index < -0.39 is 0 Å². The molecule has 0 saturated heterocycles. The number of nitrogens with one attached hydrogen (secondary N) is 1. The zero-order chi connectivity index (χ0) is 29.5. The molecule has 3 aromatic carbocycles. The molecule has 4 aromatic rings. The van der Waals surface area contributed by atoms with Crippen LogP contribution in [0.2, 0.25) is 10.0 Å². The second-order valence-corrected chi connectivity index (χ2v) is 11.1. The summed E-state index contributed by atoms with van der Waals surface area (Å²) in [6.07, 6.45) is 2.62.